The van der Waals surface area contributed by atoms with Crippen LogP contribution in [0.2, 0.25) is 0 Å². The first-order valence-corrected chi connectivity index (χ1v) is 6.08. The molecule has 0 radical (unpaired) electrons. The van der Waals surface area contributed by atoms with E-state index in [9.17, 15) is 0 Å². The van der Waals surface area contributed by atoms with E-state index in [1.165, 1.54) is 12.0 Å². The highest BCUT2D eigenvalue weighted by Crippen LogP contribution is 1.99. The molecule has 1 rings (SSSR count). The first-order valence-electron chi connectivity index (χ1n) is 4.96. The third-order valence-corrected chi connectivity index (χ3v) is 2.77. The zero-order chi connectivity index (χ0) is 10.2. The predicted octanol–water partition coefficient (Wildman–Crippen LogP) is 2.34. The molecule has 0 fully saturated rings. The minimum absolute atomic E-state index is 1.09. The number of rotatable bonds is 6. The molecule has 0 aromatic carbocycles. The number of pyridine rings is 1. The molecule has 0 amide bonds. The van der Waals surface area contributed by atoms with Gasteiger partial charge in [0.05, 0.1) is 0 Å². The van der Waals surface area contributed by atoms with Crippen LogP contribution in [0.1, 0.15) is 12.0 Å². The topological polar surface area (TPSA) is 16.1 Å². The van der Waals surface area contributed by atoms with Crippen molar-refractivity contribution < 1.29 is 0 Å². The van der Waals surface area contributed by atoms with E-state index >= 15 is 0 Å². The largest absolute Gasteiger partial charge is 0.306 e. The van der Waals surface area contributed by atoms with Crippen LogP contribution in [0.3, 0.4) is 0 Å². The van der Waals surface area contributed by atoms with Gasteiger partial charge in [-0.05, 0) is 44.1 Å². The third kappa shape index (κ3) is 4.72. The lowest BCUT2D eigenvalue weighted by Crippen LogP contribution is -2.22. The average molecular weight is 257 g/mol. The van der Waals surface area contributed by atoms with E-state index < -0.39 is 0 Å². The van der Waals surface area contributed by atoms with Crippen LogP contribution < -0.4 is 0 Å². The quantitative estimate of drug-likeness (QED) is 0.727. The standard InChI is InChI=1S/C11H17BrN2/c1-14(9-2-6-12)10-5-11-3-7-13-8-4-11/h3-4,7-8H,2,5-6,9-10H2,1H3. The molecule has 14 heavy (non-hydrogen) atoms. The first-order chi connectivity index (χ1) is 6.83. The molecule has 1 heterocycles. The van der Waals surface area contributed by atoms with Crippen LogP contribution in [-0.2, 0) is 6.42 Å². The number of halogens is 1. The summed E-state index contributed by atoms with van der Waals surface area (Å²) < 4.78 is 0. The van der Waals surface area contributed by atoms with E-state index in [0.29, 0.717) is 0 Å². The Morgan fingerprint density at radius 2 is 2.00 bits per heavy atom. The van der Waals surface area contributed by atoms with Crippen molar-refractivity contribution in [3.05, 3.63) is 30.1 Å². The second kappa shape index (κ2) is 6.96. The summed E-state index contributed by atoms with van der Waals surface area (Å²) >= 11 is 3.44. The van der Waals surface area contributed by atoms with Gasteiger partial charge < -0.3 is 4.90 Å². The zero-order valence-electron chi connectivity index (χ0n) is 8.62. The molecule has 3 heteroatoms. The molecule has 0 aliphatic carbocycles. The van der Waals surface area contributed by atoms with Crippen LogP contribution in [0.4, 0.5) is 0 Å². The highest BCUT2D eigenvalue weighted by Gasteiger charge is 1.98. The number of aromatic nitrogens is 1. The van der Waals surface area contributed by atoms with Gasteiger partial charge in [-0.3, -0.25) is 4.98 Å². The Hall–Kier alpha value is -0.410. The minimum atomic E-state index is 1.09. The van der Waals surface area contributed by atoms with Crippen molar-refractivity contribution in [3.8, 4) is 0 Å². The molecule has 0 saturated carbocycles. The molecular formula is C11H17BrN2. The highest BCUT2D eigenvalue weighted by molar-refractivity contribution is 9.09. The van der Waals surface area contributed by atoms with Crippen molar-refractivity contribution in [2.75, 3.05) is 25.5 Å². The molecular weight excluding hydrogens is 240 g/mol. The fraction of sp³-hybridized carbons (Fsp3) is 0.545. The number of hydrogen-bond acceptors (Lipinski definition) is 2. The summed E-state index contributed by atoms with van der Waals surface area (Å²) in [6, 6.07) is 4.16. The Morgan fingerprint density at radius 3 is 2.64 bits per heavy atom. The Kier molecular flexibility index (Phi) is 5.80. The molecule has 78 valence electrons. The van der Waals surface area contributed by atoms with Crippen molar-refractivity contribution in [1.82, 2.24) is 9.88 Å². The number of likely N-dealkylation sites (N-methyl/N-ethyl adjacent to an activating group) is 1. The Bertz CT molecular complexity index is 238. The molecule has 0 saturated heterocycles. The molecule has 0 bridgehead atoms. The average Bonchev–Trinajstić information content (AvgIpc) is 2.25. The number of nitrogens with zero attached hydrogens (tertiary/aromatic N) is 2. The molecule has 0 spiro atoms. The first kappa shape index (κ1) is 11.7. The monoisotopic (exact) mass is 256 g/mol. The van der Waals surface area contributed by atoms with Gasteiger partial charge >= 0.3 is 0 Å². The number of hydrogen-bond donors (Lipinski definition) is 0. The van der Waals surface area contributed by atoms with Gasteiger partial charge in [-0.15, -0.1) is 0 Å². The lowest BCUT2D eigenvalue weighted by Gasteiger charge is -2.15. The summed E-state index contributed by atoms with van der Waals surface area (Å²) in [6.07, 6.45) is 6.04. The molecule has 0 N–H and O–H groups in total. The van der Waals surface area contributed by atoms with Gasteiger partial charge in [0.2, 0.25) is 0 Å². The van der Waals surface area contributed by atoms with Crippen molar-refractivity contribution >= 4 is 15.9 Å². The van der Waals surface area contributed by atoms with E-state index in [2.05, 4.69) is 45.0 Å². The van der Waals surface area contributed by atoms with Crippen molar-refractivity contribution in [2.45, 2.75) is 12.8 Å². The minimum Gasteiger partial charge on any atom is -0.306 e. The van der Waals surface area contributed by atoms with E-state index in [1.807, 2.05) is 12.4 Å². The third-order valence-electron chi connectivity index (χ3n) is 2.21. The van der Waals surface area contributed by atoms with Crippen LogP contribution in [0.5, 0.6) is 0 Å². The van der Waals surface area contributed by atoms with Crippen LogP contribution in [-0.4, -0.2) is 35.4 Å². The zero-order valence-corrected chi connectivity index (χ0v) is 10.2. The smallest absolute Gasteiger partial charge is 0.0270 e. The van der Waals surface area contributed by atoms with Gasteiger partial charge in [0.25, 0.3) is 0 Å². The summed E-state index contributed by atoms with van der Waals surface area (Å²) in [7, 11) is 2.17. The van der Waals surface area contributed by atoms with Crippen LogP contribution in [0.15, 0.2) is 24.5 Å². The molecule has 1 aromatic heterocycles. The highest BCUT2D eigenvalue weighted by atomic mass is 79.9. The molecule has 0 aliphatic heterocycles. The lowest BCUT2D eigenvalue weighted by molar-refractivity contribution is 0.340. The molecule has 0 unspecified atom stereocenters. The van der Waals surface area contributed by atoms with E-state index in [-0.39, 0.29) is 0 Å². The molecule has 1 aromatic rings. The Labute approximate surface area is 94.5 Å². The van der Waals surface area contributed by atoms with Gasteiger partial charge in [-0.25, -0.2) is 0 Å². The molecule has 0 aliphatic rings. The maximum atomic E-state index is 4.00. The van der Waals surface area contributed by atoms with E-state index in [1.54, 1.807) is 0 Å². The van der Waals surface area contributed by atoms with Crippen molar-refractivity contribution in [3.63, 3.8) is 0 Å². The fourth-order valence-corrected chi connectivity index (χ4v) is 1.56. The maximum absolute atomic E-state index is 4.00. The van der Waals surface area contributed by atoms with E-state index in [4.69, 9.17) is 0 Å². The van der Waals surface area contributed by atoms with Crippen LogP contribution in [0.25, 0.3) is 0 Å². The fourth-order valence-electron chi connectivity index (χ4n) is 1.31. The Morgan fingerprint density at radius 1 is 1.29 bits per heavy atom. The van der Waals surface area contributed by atoms with Crippen molar-refractivity contribution in [2.24, 2.45) is 0 Å². The summed E-state index contributed by atoms with van der Waals surface area (Å²) in [6.45, 7) is 2.29. The van der Waals surface area contributed by atoms with Crippen molar-refractivity contribution in [1.29, 1.82) is 0 Å². The van der Waals surface area contributed by atoms with Crippen LogP contribution >= 0.6 is 15.9 Å². The summed E-state index contributed by atoms with van der Waals surface area (Å²) in [5.41, 5.74) is 1.37. The van der Waals surface area contributed by atoms with E-state index in [0.717, 1.165) is 24.8 Å². The van der Waals surface area contributed by atoms with Gasteiger partial charge in [0.15, 0.2) is 0 Å². The van der Waals surface area contributed by atoms with Gasteiger partial charge in [-0.1, -0.05) is 15.9 Å². The predicted molar refractivity (Wildman–Crippen MR) is 63.8 cm³/mol. The summed E-state index contributed by atoms with van der Waals surface area (Å²) in [4.78, 5) is 6.37. The van der Waals surface area contributed by atoms with Gasteiger partial charge in [0, 0.05) is 24.3 Å². The van der Waals surface area contributed by atoms with Gasteiger partial charge in [-0.2, -0.15) is 0 Å². The lowest BCUT2D eigenvalue weighted by atomic mass is 10.2. The Balaban J connectivity index is 2.20. The van der Waals surface area contributed by atoms with Crippen LogP contribution in [0, 0.1) is 0 Å². The second-order valence-corrected chi connectivity index (χ2v) is 4.24. The van der Waals surface area contributed by atoms with Gasteiger partial charge in [0.1, 0.15) is 0 Å². The maximum Gasteiger partial charge on any atom is 0.0270 e. The summed E-state index contributed by atoms with van der Waals surface area (Å²) in [5, 5.41) is 1.09. The molecule has 0 atom stereocenters. The SMILES string of the molecule is CN(CCCBr)CCc1ccncc1. The summed E-state index contributed by atoms with van der Waals surface area (Å²) in [5.74, 6) is 0. The number of alkyl halides is 1. The second-order valence-electron chi connectivity index (χ2n) is 3.45. The normalized spacial score (nSPS) is 10.8. The molecule has 2 nitrogen and oxygen atoms in total.